The molecule has 1 aliphatic rings. The number of hydrogen-bond acceptors (Lipinski definition) is 8. The average Bonchev–Trinajstić information content (AvgIpc) is 3.41. The second-order valence-corrected chi connectivity index (χ2v) is 9.99. The quantitative estimate of drug-likeness (QED) is 0.112. The van der Waals surface area contributed by atoms with Gasteiger partial charge in [-0.25, -0.2) is 9.78 Å². The number of aliphatic hydroxyl groups is 1. The Labute approximate surface area is 229 Å². The number of anilines is 1. The highest BCUT2D eigenvalue weighted by molar-refractivity contribution is 7.17. The Kier molecular flexibility index (Phi) is 8.48. The van der Waals surface area contributed by atoms with Gasteiger partial charge in [0, 0.05) is 10.6 Å². The van der Waals surface area contributed by atoms with Gasteiger partial charge in [0.1, 0.15) is 16.4 Å². The molecule has 0 radical (unpaired) electrons. The number of benzene rings is 2. The van der Waals surface area contributed by atoms with Crippen molar-refractivity contribution in [1.29, 1.82) is 0 Å². The summed E-state index contributed by atoms with van der Waals surface area (Å²) < 4.78 is 10.8. The van der Waals surface area contributed by atoms with Gasteiger partial charge < -0.3 is 14.6 Å². The summed E-state index contributed by atoms with van der Waals surface area (Å²) in [5, 5.41) is 11.9. The van der Waals surface area contributed by atoms with Crippen molar-refractivity contribution in [2.24, 2.45) is 0 Å². The van der Waals surface area contributed by atoms with Crippen molar-refractivity contribution >= 4 is 51.5 Å². The highest BCUT2D eigenvalue weighted by Gasteiger charge is 2.48. The maximum Gasteiger partial charge on any atom is 0.350 e. The summed E-state index contributed by atoms with van der Waals surface area (Å²) in [6.45, 7) is 6.15. The predicted octanol–water partition coefficient (Wildman–Crippen LogP) is 6.09. The first-order valence-corrected chi connectivity index (χ1v) is 13.4. The standard InChI is InChI=1S/C28H27ClN2O6S/c1-4-6-15-37-20-13-9-18(10-14-20)23(32)21-22(17-7-11-19(29)12-8-17)31(26(34)24(21)33)28-30-16(3)25(38-28)27(35)36-5-2/h7-14,22,32H,4-6,15H2,1-3H3/t22-/m1/s1. The normalized spacial score (nSPS) is 16.6. The third-order valence-electron chi connectivity index (χ3n) is 5.98. The fraction of sp³-hybridized carbons (Fsp3) is 0.286. The van der Waals surface area contributed by atoms with E-state index < -0.39 is 23.7 Å². The number of nitrogens with zero attached hydrogens (tertiary/aromatic N) is 2. The molecule has 2 heterocycles. The van der Waals surface area contributed by atoms with Crippen molar-refractivity contribution in [3.05, 3.63) is 80.8 Å². The number of aryl methyl sites for hydroxylation is 1. The maximum absolute atomic E-state index is 13.4. The van der Waals surface area contributed by atoms with Crippen LogP contribution in [0.15, 0.2) is 54.1 Å². The van der Waals surface area contributed by atoms with Crippen molar-refractivity contribution in [1.82, 2.24) is 4.98 Å². The number of esters is 1. The van der Waals surface area contributed by atoms with Crippen LogP contribution in [0.4, 0.5) is 5.13 Å². The zero-order valence-corrected chi connectivity index (χ0v) is 22.8. The lowest BCUT2D eigenvalue weighted by atomic mass is 9.95. The summed E-state index contributed by atoms with van der Waals surface area (Å²) in [6.07, 6.45) is 1.92. The average molecular weight is 555 g/mol. The molecule has 1 atom stereocenters. The molecule has 8 nitrogen and oxygen atoms in total. The van der Waals surface area contributed by atoms with E-state index in [9.17, 15) is 19.5 Å². The van der Waals surface area contributed by atoms with Gasteiger partial charge in [-0.05, 0) is 62.2 Å². The highest BCUT2D eigenvalue weighted by Crippen LogP contribution is 2.44. The Morgan fingerprint density at radius 3 is 2.42 bits per heavy atom. The van der Waals surface area contributed by atoms with Crippen molar-refractivity contribution < 1.29 is 29.0 Å². The second-order valence-electron chi connectivity index (χ2n) is 8.58. The first-order chi connectivity index (χ1) is 18.3. The summed E-state index contributed by atoms with van der Waals surface area (Å²) in [4.78, 5) is 45.0. The van der Waals surface area contributed by atoms with Crippen LogP contribution in [0, 0.1) is 6.92 Å². The number of ketones is 1. The van der Waals surface area contributed by atoms with E-state index in [-0.39, 0.29) is 27.9 Å². The third-order valence-corrected chi connectivity index (χ3v) is 7.37. The van der Waals surface area contributed by atoms with Crippen LogP contribution in [0.2, 0.25) is 5.02 Å². The molecule has 0 bridgehead atoms. The van der Waals surface area contributed by atoms with Crippen LogP contribution in [0.3, 0.4) is 0 Å². The van der Waals surface area contributed by atoms with Crippen LogP contribution in [0.5, 0.6) is 5.75 Å². The summed E-state index contributed by atoms with van der Waals surface area (Å²) >= 11 is 7.04. The SMILES string of the molecule is CCCCOc1ccc(C(O)=C2C(=O)C(=O)N(c3nc(C)c(C(=O)OCC)s3)[C@@H]2c2ccc(Cl)cc2)cc1. The molecule has 0 unspecified atom stereocenters. The summed E-state index contributed by atoms with van der Waals surface area (Å²) in [6, 6.07) is 12.3. The largest absolute Gasteiger partial charge is 0.507 e. The van der Waals surface area contributed by atoms with Crippen LogP contribution in [0.1, 0.15) is 59.2 Å². The molecular weight excluding hydrogens is 528 g/mol. The van der Waals surface area contributed by atoms with Gasteiger partial charge in [-0.1, -0.05) is 48.4 Å². The summed E-state index contributed by atoms with van der Waals surface area (Å²) in [5.74, 6) is -1.99. The molecule has 198 valence electrons. The molecule has 1 N–H and O–H groups in total. The number of carbonyl (C=O) groups is 3. The van der Waals surface area contributed by atoms with Crippen LogP contribution >= 0.6 is 22.9 Å². The van der Waals surface area contributed by atoms with E-state index in [0.29, 0.717) is 34.2 Å². The number of aliphatic hydroxyl groups excluding tert-OH is 1. The van der Waals surface area contributed by atoms with Gasteiger partial charge in [-0.3, -0.25) is 14.5 Å². The molecule has 0 spiro atoms. The van der Waals surface area contributed by atoms with Crippen LogP contribution in [0.25, 0.3) is 5.76 Å². The Hall–Kier alpha value is -3.69. The number of Topliss-reactive ketones (excluding diaryl/α,β-unsaturated/α-hetero) is 1. The Bertz CT molecular complexity index is 1380. The van der Waals surface area contributed by atoms with Gasteiger partial charge in [-0.2, -0.15) is 0 Å². The molecule has 38 heavy (non-hydrogen) atoms. The molecule has 1 saturated heterocycles. The first kappa shape index (κ1) is 27.3. The number of unbranched alkanes of at least 4 members (excludes halogenated alkanes) is 1. The summed E-state index contributed by atoms with van der Waals surface area (Å²) in [7, 11) is 0. The third kappa shape index (κ3) is 5.44. The number of ether oxygens (including phenoxy) is 2. The van der Waals surface area contributed by atoms with E-state index in [2.05, 4.69) is 11.9 Å². The Morgan fingerprint density at radius 1 is 1.11 bits per heavy atom. The monoisotopic (exact) mass is 554 g/mol. The molecule has 2 aromatic carbocycles. The van der Waals surface area contributed by atoms with Gasteiger partial charge in [0.2, 0.25) is 0 Å². The van der Waals surface area contributed by atoms with E-state index in [0.717, 1.165) is 24.2 Å². The zero-order valence-electron chi connectivity index (χ0n) is 21.2. The van der Waals surface area contributed by atoms with Crippen molar-refractivity contribution in [3.8, 4) is 5.75 Å². The molecule has 0 aliphatic carbocycles. The van der Waals surface area contributed by atoms with E-state index >= 15 is 0 Å². The molecule has 3 aromatic rings. The Morgan fingerprint density at radius 2 is 1.79 bits per heavy atom. The summed E-state index contributed by atoms with van der Waals surface area (Å²) in [5.41, 5.74) is 1.17. The number of hydrogen-bond donors (Lipinski definition) is 1. The lowest BCUT2D eigenvalue weighted by molar-refractivity contribution is -0.132. The zero-order chi connectivity index (χ0) is 27.4. The fourth-order valence-electron chi connectivity index (χ4n) is 4.06. The molecule has 1 aromatic heterocycles. The van der Waals surface area contributed by atoms with E-state index in [4.69, 9.17) is 21.1 Å². The molecule has 4 rings (SSSR count). The topological polar surface area (TPSA) is 106 Å². The minimum atomic E-state index is -0.992. The lowest BCUT2D eigenvalue weighted by Crippen LogP contribution is -2.29. The van der Waals surface area contributed by atoms with E-state index in [1.54, 1.807) is 62.4 Å². The van der Waals surface area contributed by atoms with Gasteiger partial charge in [-0.15, -0.1) is 0 Å². The molecule has 1 aliphatic heterocycles. The minimum Gasteiger partial charge on any atom is -0.507 e. The van der Waals surface area contributed by atoms with Crippen LogP contribution in [-0.2, 0) is 14.3 Å². The number of thiazole rings is 1. The molecular formula is C28H27ClN2O6S. The van der Waals surface area contributed by atoms with Gasteiger partial charge >= 0.3 is 11.9 Å². The van der Waals surface area contributed by atoms with Gasteiger partial charge in [0.25, 0.3) is 5.78 Å². The predicted molar refractivity (Wildman–Crippen MR) is 146 cm³/mol. The molecule has 0 saturated carbocycles. The van der Waals surface area contributed by atoms with Crippen molar-refractivity contribution in [2.45, 2.75) is 39.7 Å². The number of amides is 1. The first-order valence-electron chi connectivity index (χ1n) is 12.2. The fourth-order valence-corrected chi connectivity index (χ4v) is 5.17. The van der Waals surface area contributed by atoms with Gasteiger partial charge in [0.15, 0.2) is 5.13 Å². The molecule has 1 fully saturated rings. The Balaban J connectivity index is 1.80. The highest BCUT2D eigenvalue weighted by atomic mass is 35.5. The smallest absolute Gasteiger partial charge is 0.350 e. The maximum atomic E-state index is 13.4. The van der Waals surface area contributed by atoms with Crippen molar-refractivity contribution in [2.75, 3.05) is 18.1 Å². The molecule has 1 amide bonds. The van der Waals surface area contributed by atoms with Gasteiger partial charge in [0.05, 0.1) is 30.5 Å². The second kappa shape index (κ2) is 11.8. The van der Waals surface area contributed by atoms with E-state index in [1.807, 2.05) is 0 Å². The van der Waals surface area contributed by atoms with E-state index in [1.165, 1.54) is 4.90 Å². The lowest BCUT2D eigenvalue weighted by Gasteiger charge is -2.23. The van der Waals surface area contributed by atoms with Crippen molar-refractivity contribution in [3.63, 3.8) is 0 Å². The number of carbonyl (C=O) groups excluding carboxylic acids is 3. The number of aromatic nitrogens is 1. The van der Waals surface area contributed by atoms with Crippen LogP contribution in [-0.4, -0.2) is 41.0 Å². The molecule has 10 heteroatoms. The number of halogens is 1. The van der Waals surface area contributed by atoms with Crippen LogP contribution < -0.4 is 9.64 Å². The number of rotatable bonds is 9. The minimum absolute atomic E-state index is 0.0949.